The third-order valence-corrected chi connectivity index (χ3v) is 3.92. The number of carbonyl (C=O) groups is 2. The molecule has 2 N–H and O–H groups in total. The third kappa shape index (κ3) is 7.97. The Morgan fingerprint density at radius 3 is 2.65 bits per heavy atom. The van der Waals surface area contributed by atoms with Gasteiger partial charge in [-0.05, 0) is 13.8 Å². The van der Waals surface area contributed by atoms with Crippen LogP contribution in [0.25, 0.3) is 0 Å². The molecule has 1 rings (SSSR count). The van der Waals surface area contributed by atoms with Crippen molar-refractivity contribution in [3.63, 3.8) is 0 Å². The van der Waals surface area contributed by atoms with E-state index in [0.29, 0.717) is 13.0 Å². The molecule has 1 fully saturated rings. The van der Waals surface area contributed by atoms with E-state index in [9.17, 15) is 9.59 Å². The molecule has 0 saturated carbocycles. The number of hydrogen-bond donors (Lipinski definition) is 2. The summed E-state index contributed by atoms with van der Waals surface area (Å²) in [6.45, 7) is 6.69. The molecule has 2 unspecified atom stereocenters. The van der Waals surface area contributed by atoms with Crippen molar-refractivity contribution in [1.82, 2.24) is 10.6 Å². The average Bonchev–Trinajstić information content (AvgIpc) is 2.36. The molecule has 0 aromatic rings. The van der Waals surface area contributed by atoms with Crippen LogP contribution in [0, 0.1) is 5.92 Å². The van der Waals surface area contributed by atoms with Gasteiger partial charge in [-0.2, -0.15) is 11.8 Å². The standard InChI is InChI=1S/C13H24N2O3S.ClH/c1-9(2)18-13(17)10(3)7-15-12(16)6-11-8-19-5-4-14-11;/h9-11,14H,4-8H2,1-3H3,(H,15,16);1H. The summed E-state index contributed by atoms with van der Waals surface area (Å²) >= 11 is 1.86. The second-order valence-corrected chi connectivity index (χ2v) is 6.27. The van der Waals surface area contributed by atoms with Gasteiger partial charge < -0.3 is 15.4 Å². The molecule has 0 aliphatic carbocycles. The lowest BCUT2D eigenvalue weighted by atomic mass is 10.1. The van der Waals surface area contributed by atoms with Crippen molar-refractivity contribution < 1.29 is 14.3 Å². The highest BCUT2D eigenvalue weighted by atomic mass is 35.5. The summed E-state index contributed by atoms with van der Waals surface area (Å²) in [6.07, 6.45) is 0.355. The molecule has 1 heterocycles. The summed E-state index contributed by atoms with van der Waals surface area (Å²) < 4.78 is 5.09. The highest BCUT2D eigenvalue weighted by molar-refractivity contribution is 7.99. The van der Waals surface area contributed by atoms with E-state index in [4.69, 9.17) is 4.74 Å². The van der Waals surface area contributed by atoms with Crippen LogP contribution in [0.4, 0.5) is 0 Å². The highest BCUT2D eigenvalue weighted by Crippen LogP contribution is 2.10. The van der Waals surface area contributed by atoms with Gasteiger partial charge in [-0.25, -0.2) is 0 Å². The van der Waals surface area contributed by atoms with Crippen LogP contribution in [0.2, 0.25) is 0 Å². The second kappa shape index (κ2) is 10.3. The number of carbonyl (C=O) groups excluding carboxylic acids is 2. The van der Waals surface area contributed by atoms with Crippen molar-refractivity contribution in [2.45, 2.75) is 39.3 Å². The fourth-order valence-corrected chi connectivity index (χ4v) is 2.69. The number of halogens is 1. The summed E-state index contributed by atoms with van der Waals surface area (Å²) in [5.41, 5.74) is 0. The Morgan fingerprint density at radius 1 is 1.40 bits per heavy atom. The topological polar surface area (TPSA) is 67.4 Å². The maximum absolute atomic E-state index is 11.7. The number of amides is 1. The van der Waals surface area contributed by atoms with E-state index >= 15 is 0 Å². The smallest absolute Gasteiger partial charge is 0.310 e. The van der Waals surface area contributed by atoms with E-state index in [1.54, 1.807) is 6.92 Å². The van der Waals surface area contributed by atoms with Gasteiger partial charge in [0.2, 0.25) is 5.91 Å². The number of esters is 1. The SMILES string of the molecule is CC(C)OC(=O)C(C)CNC(=O)CC1CSCCN1.Cl. The normalized spacial score (nSPS) is 19.9. The zero-order valence-electron chi connectivity index (χ0n) is 12.3. The minimum atomic E-state index is -0.306. The van der Waals surface area contributed by atoms with Gasteiger partial charge >= 0.3 is 5.97 Å². The molecular formula is C13H25ClN2O3S. The number of rotatable bonds is 6. The van der Waals surface area contributed by atoms with Gasteiger partial charge in [-0.3, -0.25) is 9.59 Å². The predicted octanol–water partition coefficient (Wildman–Crippen LogP) is 1.21. The average molecular weight is 325 g/mol. The molecule has 1 aliphatic heterocycles. The molecule has 118 valence electrons. The summed E-state index contributed by atoms with van der Waals surface area (Å²) in [5.74, 6) is 1.50. The third-order valence-electron chi connectivity index (χ3n) is 2.79. The van der Waals surface area contributed by atoms with Gasteiger partial charge in [-0.1, -0.05) is 6.92 Å². The van der Waals surface area contributed by atoms with Gasteiger partial charge in [0, 0.05) is 37.1 Å². The van der Waals surface area contributed by atoms with E-state index in [0.717, 1.165) is 18.1 Å². The number of hydrogen-bond acceptors (Lipinski definition) is 5. The van der Waals surface area contributed by atoms with Crippen LogP contribution >= 0.6 is 24.2 Å². The molecule has 5 nitrogen and oxygen atoms in total. The predicted molar refractivity (Wildman–Crippen MR) is 84.4 cm³/mol. The van der Waals surface area contributed by atoms with E-state index in [2.05, 4.69) is 10.6 Å². The van der Waals surface area contributed by atoms with Crippen molar-refractivity contribution in [1.29, 1.82) is 0 Å². The minimum absolute atomic E-state index is 0. The number of thioether (sulfide) groups is 1. The fraction of sp³-hybridized carbons (Fsp3) is 0.846. The Balaban J connectivity index is 0.00000361. The first-order chi connectivity index (χ1) is 8.99. The number of ether oxygens (including phenoxy) is 1. The maximum atomic E-state index is 11.7. The first-order valence-electron chi connectivity index (χ1n) is 6.77. The molecule has 1 saturated heterocycles. The van der Waals surface area contributed by atoms with Gasteiger partial charge in [0.25, 0.3) is 0 Å². The van der Waals surface area contributed by atoms with Gasteiger partial charge in [0.05, 0.1) is 12.0 Å². The lowest BCUT2D eigenvalue weighted by molar-refractivity contribution is -0.151. The number of nitrogens with one attached hydrogen (secondary N) is 2. The Labute approximate surface area is 131 Å². The van der Waals surface area contributed by atoms with E-state index < -0.39 is 0 Å². The van der Waals surface area contributed by atoms with Crippen LogP contribution in [0.5, 0.6) is 0 Å². The van der Waals surface area contributed by atoms with E-state index in [1.165, 1.54) is 0 Å². The monoisotopic (exact) mass is 324 g/mol. The molecule has 7 heteroatoms. The molecule has 0 spiro atoms. The van der Waals surface area contributed by atoms with Crippen LogP contribution < -0.4 is 10.6 Å². The summed E-state index contributed by atoms with van der Waals surface area (Å²) in [4.78, 5) is 23.3. The van der Waals surface area contributed by atoms with Gasteiger partial charge in [0.1, 0.15) is 0 Å². The highest BCUT2D eigenvalue weighted by Gasteiger charge is 2.19. The molecule has 1 amide bonds. The van der Waals surface area contributed by atoms with E-state index in [1.807, 2.05) is 25.6 Å². The molecule has 0 aromatic heterocycles. The van der Waals surface area contributed by atoms with Gasteiger partial charge in [-0.15, -0.1) is 12.4 Å². The molecular weight excluding hydrogens is 300 g/mol. The van der Waals surface area contributed by atoms with E-state index in [-0.39, 0.29) is 42.3 Å². The van der Waals surface area contributed by atoms with Crippen LogP contribution in [0.3, 0.4) is 0 Å². The lowest BCUT2D eigenvalue weighted by Crippen LogP contribution is -2.42. The van der Waals surface area contributed by atoms with Crippen LogP contribution in [0.1, 0.15) is 27.2 Å². The Kier molecular flexibility index (Phi) is 10.1. The van der Waals surface area contributed by atoms with Crippen molar-refractivity contribution in [2.75, 3.05) is 24.6 Å². The van der Waals surface area contributed by atoms with Crippen LogP contribution in [0.15, 0.2) is 0 Å². The van der Waals surface area contributed by atoms with Crippen LogP contribution in [-0.2, 0) is 14.3 Å². The van der Waals surface area contributed by atoms with Crippen molar-refractivity contribution in [3.05, 3.63) is 0 Å². The second-order valence-electron chi connectivity index (χ2n) is 5.12. The summed E-state index contributed by atoms with van der Waals surface area (Å²) in [6, 6.07) is 0.247. The van der Waals surface area contributed by atoms with Gasteiger partial charge in [0.15, 0.2) is 0 Å². The zero-order valence-corrected chi connectivity index (χ0v) is 13.9. The van der Waals surface area contributed by atoms with Crippen molar-refractivity contribution in [2.24, 2.45) is 5.92 Å². The summed E-state index contributed by atoms with van der Waals surface area (Å²) in [5, 5.41) is 6.11. The van der Waals surface area contributed by atoms with Crippen molar-refractivity contribution >= 4 is 36.0 Å². The zero-order chi connectivity index (χ0) is 14.3. The first kappa shape index (κ1) is 19.5. The van der Waals surface area contributed by atoms with Crippen molar-refractivity contribution in [3.8, 4) is 0 Å². The molecule has 1 aliphatic rings. The largest absolute Gasteiger partial charge is 0.463 e. The Bertz CT molecular complexity index is 310. The Hall–Kier alpha value is -0.460. The molecule has 0 bridgehead atoms. The lowest BCUT2D eigenvalue weighted by Gasteiger charge is -2.22. The minimum Gasteiger partial charge on any atom is -0.463 e. The maximum Gasteiger partial charge on any atom is 0.310 e. The first-order valence-corrected chi connectivity index (χ1v) is 7.92. The molecule has 20 heavy (non-hydrogen) atoms. The fourth-order valence-electron chi connectivity index (χ4n) is 1.75. The van der Waals surface area contributed by atoms with Crippen LogP contribution in [-0.4, -0.2) is 48.6 Å². The molecule has 2 atom stereocenters. The molecule has 0 aromatic carbocycles. The Morgan fingerprint density at radius 2 is 2.10 bits per heavy atom. The summed E-state index contributed by atoms with van der Waals surface area (Å²) in [7, 11) is 0. The molecule has 0 radical (unpaired) electrons. The quantitative estimate of drug-likeness (QED) is 0.719.